The van der Waals surface area contributed by atoms with E-state index >= 15 is 0 Å². The number of hydrogen-bond acceptors (Lipinski definition) is 6. The predicted molar refractivity (Wildman–Crippen MR) is 170 cm³/mol. The molecular weight excluding hydrogens is 556 g/mol. The van der Waals surface area contributed by atoms with E-state index < -0.39 is 0 Å². The first kappa shape index (κ1) is 29.0. The number of ether oxygens (including phenoxy) is 2. The van der Waals surface area contributed by atoms with Crippen molar-refractivity contribution in [1.29, 1.82) is 0 Å². The number of anilines is 2. The third kappa shape index (κ3) is 5.90. The minimum atomic E-state index is -0.347. The standard InChI is InChI=1S/C35H36N4O5/c1-37(19-23-8-5-4-6-9-23)35(42)25-12-13-32(30(17-25)36-34(41)26-15-28(43-2)18-29(16-26)44-3)38-20-24-14-27(22-38)31-10-7-11-33(40)39(31)21-24/h4-13,15-18,24,27H,14,19-22H2,1-3H3,(H,36,41). The van der Waals surface area contributed by atoms with E-state index in [-0.39, 0.29) is 29.2 Å². The number of piperidine rings is 1. The first-order valence-corrected chi connectivity index (χ1v) is 14.8. The van der Waals surface area contributed by atoms with Gasteiger partial charge < -0.3 is 29.2 Å². The number of methoxy groups -OCH3 is 2. The summed E-state index contributed by atoms with van der Waals surface area (Å²) in [5.74, 6) is 0.965. The molecule has 6 rings (SSSR count). The van der Waals surface area contributed by atoms with Gasteiger partial charge in [0.1, 0.15) is 11.5 Å². The Morgan fingerprint density at radius 2 is 1.61 bits per heavy atom. The van der Waals surface area contributed by atoms with Crippen molar-refractivity contribution in [2.45, 2.75) is 25.4 Å². The maximum atomic E-state index is 13.7. The van der Waals surface area contributed by atoms with Gasteiger partial charge in [-0.2, -0.15) is 0 Å². The van der Waals surface area contributed by atoms with Gasteiger partial charge in [-0.1, -0.05) is 36.4 Å². The van der Waals surface area contributed by atoms with Crippen molar-refractivity contribution in [3.63, 3.8) is 0 Å². The number of benzene rings is 3. The fraction of sp³-hybridized carbons (Fsp3) is 0.286. The molecule has 0 aliphatic carbocycles. The molecule has 0 radical (unpaired) electrons. The summed E-state index contributed by atoms with van der Waals surface area (Å²) in [5, 5.41) is 3.09. The molecule has 3 aromatic carbocycles. The molecule has 0 spiro atoms. The van der Waals surface area contributed by atoms with Gasteiger partial charge >= 0.3 is 0 Å². The fourth-order valence-corrected chi connectivity index (χ4v) is 6.42. The highest BCUT2D eigenvalue weighted by Gasteiger charge is 2.35. The molecule has 1 aromatic heterocycles. The minimum absolute atomic E-state index is 0.0369. The van der Waals surface area contributed by atoms with Gasteiger partial charge in [0.15, 0.2) is 0 Å². The SMILES string of the molecule is COc1cc(OC)cc(C(=O)Nc2cc(C(=O)N(C)Cc3ccccc3)ccc2N2CC3CC(C2)c2cccc(=O)n2C3)c1. The number of nitrogens with one attached hydrogen (secondary N) is 1. The van der Waals surface area contributed by atoms with Crippen LogP contribution in [0.3, 0.4) is 0 Å². The van der Waals surface area contributed by atoms with Crippen LogP contribution in [0.1, 0.15) is 44.3 Å². The van der Waals surface area contributed by atoms with Crippen LogP contribution in [0.15, 0.2) is 89.7 Å². The first-order valence-electron chi connectivity index (χ1n) is 14.8. The Bertz CT molecular complexity index is 1730. The van der Waals surface area contributed by atoms with Crippen molar-refractivity contribution < 1.29 is 19.1 Å². The average molecular weight is 593 g/mol. The van der Waals surface area contributed by atoms with Crippen LogP contribution in [0.25, 0.3) is 0 Å². The molecular formula is C35H36N4O5. The molecule has 1 saturated heterocycles. The van der Waals surface area contributed by atoms with E-state index in [1.54, 1.807) is 42.3 Å². The number of nitrogens with zero attached hydrogens (tertiary/aromatic N) is 3. The van der Waals surface area contributed by atoms with Crippen LogP contribution in [0, 0.1) is 5.92 Å². The number of pyridine rings is 1. The Morgan fingerprint density at radius 3 is 2.34 bits per heavy atom. The summed E-state index contributed by atoms with van der Waals surface area (Å²) in [6, 6.07) is 25.8. The van der Waals surface area contributed by atoms with Gasteiger partial charge in [-0.15, -0.1) is 0 Å². The maximum Gasteiger partial charge on any atom is 0.255 e. The van der Waals surface area contributed by atoms with E-state index in [9.17, 15) is 14.4 Å². The van der Waals surface area contributed by atoms with Gasteiger partial charge in [0, 0.05) is 68.1 Å². The van der Waals surface area contributed by atoms with Gasteiger partial charge in [-0.05, 0) is 54.3 Å². The summed E-state index contributed by atoms with van der Waals surface area (Å²) in [6.07, 6.45) is 1.01. The Hall–Kier alpha value is -5.05. The molecule has 2 aliphatic rings. The number of hydrogen-bond donors (Lipinski definition) is 1. The summed E-state index contributed by atoms with van der Waals surface area (Å²) in [7, 11) is 4.85. The molecule has 2 amide bonds. The molecule has 2 atom stereocenters. The normalized spacial score (nSPS) is 16.9. The molecule has 226 valence electrons. The number of rotatable bonds is 8. The number of aromatic nitrogens is 1. The molecule has 9 nitrogen and oxygen atoms in total. The lowest BCUT2D eigenvalue weighted by atomic mass is 9.83. The molecule has 2 unspecified atom stereocenters. The van der Waals surface area contributed by atoms with Crippen LogP contribution in [0.5, 0.6) is 11.5 Å². The minimum Gasteiger partial charge on any atom is -0.497 e. The lowest BCUT2D eigenvalue weighted by Crippen LogP contribution is -2.47. The largest absolute Gasteiger partial charge is 0.497 e. The number of amides is 2. The van der Waals surface area contributed by atoms with E-state index in [2.05, 4.69) is 10.2 Å². The summed E-state index contributed by atoms with van der Waals surface area (Å²) in [4.78, 5) is 43.7. The molecule has 4 aromatic rings. The highest BCUT2D eigenvalue weighted by Crippen LogP contribution is 2.39. The van der Waals surface area contributed by atoms with Gasteiger partial charge in [-0.25, -0.2) is 0 Å². The van der Waals surface area contributed by atoms with E-state index in [0.717, 1.165) is 29.9 Å². The smallest absolute Gasteiger partial charge is 0.255 e. The second-order valence-corrected chi connectivity index (χ2v) is 11.5. The molecule has 0 saturated carbocycles. The lowest BCUT2D eigenvalue weighted by Gasteiger charge is -2.44. The molecule has 1 N–H and O–H groups in total. The van der Waals surface area contributed by atoms with Crippen LogP contribution in [0.2, 0.25) is 0 Å². The van der Waals surface area contributed by atoms with Gasteiger partial charge in [0.05, 0.1) is 25.6 Å². The third-order valence-electron chi connectivity index (χ3n) is 8.54. The molecule has 3 heterocycles. The Morgan fingerprint density at radius 1 is 0.864 bits per heavy atom. The van der Waals surface area contributed by atoms with Crippen molar-refractivity contribution in [3.8, 4) is 11.5 Å². The van der Waals surface area contributed by atoms with Gasteiger partial charge in [-0.3, -0.25) is 14.4 Å². The summed E-state index contributed by atoms with van der Waals surface area (Å²) in [6.45, 7) is 2.54. The quantitative estimate of drug-likeness (QED) is 0.309. The third-order valence-corrected chi connectivity index (χ3v) is 8.54. The maximum absolute atomic E-state index is 13.7. The topological polar surface area (TPSA) is 93.1 Å². The molecule has 1 fully saturated rings. The summed E-state index contributed by atoms with van der Waals surface area (Å²) < 4.78 is 12.7. The van der Waals surface area contributed by atoms with Crippen LogP contribution < -0.4 is 25.2 Å². The Balaban J connectivity index is 1.34. The van der Waals surface area contributed by atoms with Gasteiger partial charge in [0.2, 0.25) is 0 Å². The Kier molecular flexibility index (Phi) is 8.11. The average Bonchev–Trinajstić information content (AvgIpc) is 3.05. The second kappa shape index (κ2) is 12.3. The van der Waals surface area contributed by atoms with Crippen LogP contribution >= 0.6 is 0 Å². The summed E-state index contributed by atoms with van der Waals surface area (Å²) >= 11 is 0. The summed E-state index contributed by atoms with van der Waals surface area (Å²) in [5.41, 5.74) is 4.32. The zero-order valence-corrected chi connectivity index (χ0v) is 25.2. The predicted octanol–water partition coefficient (Wildman–Crippen LogP) is 5.01. The van der Waals surface area contributed by atoms with E-state index in [1.165, 1.54) is 14.2 Å². The van der Waals surface area contributed by atoms with Crippen LogP contribution in [-0.4, -0.2) is 55.6 Å². The van der Waals surface area contributed by atoms with Crippen molar-refractivity contribution >= 4 is 23.2 Å². The van der Waals surface area contributed by atoms with Crippen LogP contribution in [-0.2, 0) is 13.1 Å². The first-order chi connectivity index (χ1) is 21.3. The number of carbonyl (C=O) groups excluding carboxylic acids is 2. The molecule has 2 bridgehead atoms. The van der Waals surface area contributed by atoms with Gasteiger partial charge in [0.25, 0.3) is 17.4 Å². The highest BCUT2D eigenvalue weighted by atomic mass is 16.5. The molecule has 9 heteroatoms. The zero-order valence-electron chi connectivity index (χ0n) is 25.2. The molecule has 2 aliphatic heterocycles. The molecule has 44 heavy (non-hydrogen) atoms. The van der Waals surface area contributed by atoms with Crippen molar-refractivity contribution in [3.05, 3.63) is 118 Å². The zero-order chi connectivity index (χ0) is 30.8. The van der Waals surface area contributed by atoms with E-state index in [1.807, 2.05) is 59.2 Å². The second-order valence-electron chi connectivity index (χ2n) is 11.5. The van der Waals surface area contributed by atoms with E-state index in [4.69, 9.17) is 9.47 Å². The van der Waals surface area contributed by atoms with Crippen molar-refractivity contribution in [2.75, 3.05) is 44.6 Å². The fourth-order valence-electron chi connectivity index (χ4n) is 6.42. The lowest BCUT2D eigenvalue weighted by molar-refractivity contribution is 0.0784. The van der Waals surface area contributed by atoms with Crippen molar-refractivity contribution in [1.82, 2.24) is 9.47 Å². The van der Waals surface area contributed by atoms with Crippen molar-refractivity contribution in [2.24, 2.45) is 5.92 Å². The Labute approximate surface area is 256 Å². The van der Waals surface area contributed by atoms with E-state index in [0.29, 0.717) is 47.9 Å². The highest BCUT2D eigenvalue weighted by molar-refractivity contribution is 6.07. The monoisotopic (exact) mass is 592 g/mol. The number of fused-ring (bicyclic) bond motifs is 4. The van der Waals surface area contributed by atoms with Crippen LogP contribution in [0.4, 0.5) is 11.4 Å². The number of carbonyl (C=O) groups is 2.